The van der Waals surface area contributed by atoms with Crippen LogP contribution in [-0.4, -0.2) is 48.8 Å². The maximum Gasteiger partial charge on any atom is 0.408 e. The number of carboxylic acid groups (broad SMARTS) is 1. The number of aromatic nitrogens is 1. The second-order valence-corrected chi connectivity index (χ2v) is 6.42. The fraction of sp³-hybridized carbons (Fsp3) is 0.571. The molecule has 0 saturated carbocycles. The topological polar surface area (TPSA) is 117 Å². The van der Waals surface area contributed by atoms with E-state index in [2.05, 4.69) is 4.98 Å². The molecular weight excluding hydrogens is 290 g/mol. The molecule has 1 aromatic rings. The summed E-state index contributed by atoms with van der Waals surface area (Å²) in [5, 5.41) is 30.6. The fourth-order valence-electron chi connectivity index (χ4n) is 2.87. The van der Waals surface area contributed by atoms with Gasteiger partial charge in [-0.05, 0) is 26.3 Å². The van der Waals surface area contributed by atoms with Crippen LogP contribution >= 0.6 is 0 Å². The van der Waals surface area contributed by atoms with Crippen LogP contribution in [0.2, 0.25) is 0 Å². The summed E-state index contributed by atoms with van der Waals surface area (Å²) in [4.78, 5) is 27.1. The average molecular weight is 309 g/mol. The molecule has 2 N–H and O–H groups in total. The molecule has 2 rings (SSSR count). The number of aliphatic hydroxyl groups is 1. The summed E-state index contributed by atoms with van der Waals surface area (Å²) in [5.41, 5.74) is 0.388. The lowest BCUT2D eigenvalue weighted by Crippen LogP contribution is -2.58. The molecule has 120 valence electrons. The highest BCUT2D eigenvalue weighted by atomic mass is 16.6. The third-order valence-electron chi connectivity index (χ3n) is 3.79. The number of hydrogen-bond acceptors (Lipinski definition) is 5. The van der Waals surface area contributed by atoms with Crippen molar-refractivity contribution in [1.29, 1.82) is 0 Å². The molecule has 1 aromatic heterocycles. The van der Waals surface area contributed by atoms with Crippen LogP contribution in [0.1, 0.15) is 32.0 Å². The monoisotopic (exact) mass is 309 g/mol. The van der Waals surface area contributed by atoms with E-state index in [0.717, 1.165) is 6.20 Å². The van der Waals surface area contributed by atoms with Crippen molar-refractivity contribution in [2.45, 2.75) is 51.3 Å². The lowest BCUT2D eigenvalue weighted by Gasteiger charge is -2.43. The highest BCUT2D eigenvalue weighted by Gasteiger charge is 2.40. The number of fused-ring (bicyclic) bond motifs is 1. The third kappa shape index (κ3) is 3.01. The number of rotatable bonds is 2. The van der Waals surface area contributed by atoms with Gasteiger partial charge in [0.15, 0.2) is 0 Å². The molecule has 1 amide bonds. The predicted molar refractivity (Wildman–Crippen MR) is 77.7 cm³/mol. The van der Waals surface area contributed by atoms with Crippen molar-refractivity contribution in [3.05, 3.63) is 33.6 Å². The van der Waals surface area contributed by atoms with Crippen LogP contribution in [0.4, 0.5) is 10.5 Å². The van der Waals surface area contributed by atoms with Crippen LogP contribution in [0.3, 0.4) is 0 Å². The van der Waals surface area contributed by atoms with Gasteiger partial charge in [-0.1, -0.05) is 0 Å². The molecule has 22 heavy (non-hydrogen) atoms. The number of nitrogens with zero attached hydrogens (tertiary/aromatic N) is 3. The van der Waals surface area contributed by atoms with Crippen LogP contribution in [0, 0.1) is 10.1 Å². The van der Waals surface area contributed by atoms with Crippen LogP contribution in [0.25, 0.3) is 0 Å². The van der Waals surface area contributed by atoms with E-state index >= 15 is 0 Å². The molecule has 8 nitrogen and oxygen atoms in total. The molecule has 0 spiro atoms. The van der Waals surface area contributed by atoms with E-state index in [1.54, 1.807) is 20.8 Å². The Morgan fingerprint density at radius 2 is 2.09 bits per heavy atom. The summed E-state index contributed by atoms with van der Waals surface area (Å²) in [6, 6.07) is 0.767. The Kier molecular flexibility index (Phi) is 4.06. The van der Waals surface area contributed by atoms with Crippen molar-refractivity contribution in [1.82, 2.24) is 9.88 Å². The van der Waals surface area contributed by atoms with E-state index in [4.69, 9.17) is 0 Å². The van der Waals surface area contributed by atoms with Gasteiger partial charge in [-0.3, -0.25) is 20.0 Å². The summed E-state index contributed by atoms with van der Waals surface area (Å²) < 4.78 is 0. The van der Waals surface area contributed by atoms with Crippen LogP contribution in [0.15, 0.2) is 12.3 Å². The Hall–Kier alpha value is -2.22. The molecule has 0 aromatic carbocycles. The van der Waals surface area contributed by atoms with Gasteiger partial charge in [-0.2, -0.15) is 0 Å². The van der Waals surface area contributed by atoms with Gasteiger partial charge >= 0.3 is 6.09 Å². The quantitative estimate of drug-likeness (QED) is 0.633. The van der Waals surface area contributed by atoms with E-state index in [1.807, 2.05) is 0 Å². The van der Waals surface area contributed by atoms with E-state index in [0.29, 0.717) is 11.3 Å². The van der Waals surface area contributed by atoms with Gasteiger partial charge in [0, 0.05) is 30.1 Å². The Labute approximate surface area is 127 Å². The third-order valence-corrected chi connectivity index (χ3v) is 3.79. The molecule has 1 heterocycles. The standard InChI is InChI=1S/C14H19N3O5/c1-14(2,3)16(13(19)20)11-6-10-8(5-12(11)18)4-9(7-15-10)17(21)22/h4,7,11-12,18H,5-6H2,1-3H3,(H,19,20)/t11-,12-/m0/s1. The summed E-state index contributed by atoms with van der Waals surface area (Å²) in [5.74, 6) is 0. The molecule has 0 aliphatic heterocycles. The van der Waals surface area contributed by atoms with Gasteiger partial charge in [0.1, 0.15) is 6.20 Å². The zero-order chi connectivity index (χ0) is 16.7. The molecule has 1 aliphatic carbocycles. The number of hydrogen-bond donors (Lipinski definition) is 2. The maximum absolute atomic E-state index is 11.6. The van der Waals surface area contributed by atoms with Gasteiger partial charge in [0.25, 0.3) is 5.69 Å². The first-order valence-corrected chi connectivity index (χ1v) is 6.93. The summed E-state index contributed by atoms with van der Waals surface area (Å²) in [7, 11) is 0. The molecule has 0 saturated heterocycles. The van der Waals surface area contributed by atoms with Gasteiger partial charge in [0.2, 0.25) is 0 Å². The fourth-order valence-corrected chi connectivity index (χ4v) is 2.87. The highest BCUT2D eigenvalue weighted by molar-refractivity contribution is 5.67. The Balaban J connectivity index is 2.36. The lowest BCUT2D eigenvalue weighted by atomic mass is 9.86. The first kappa shape index (κ1) is 16.2. The second-order valence-electron chi connectivity index (χ2n) is 6.42. The van der Waals surface area contributed by atoms with Crippen molar-refractivity contribution in [3.8, 4) is 0 Å². The molecule has 2 atom stereocenters. The minimum Gasteiger partial charge on any atom is -0.465 e. The smallest absolute Gasteiger partial charge is 0.408 e. The zero-order valence-corrected chi connectivity index (χ0v) is 12.7. The minimum atomic E-state index is -1.11. The molecule has 0 radical (unpaired) electrons. The highest BCUT2D eigenvalue weighted by Crippen LogP contribution is 2.30. The number of carbonyl (C=O) groups is 1. The van der Waals surface area contributed by atoms with Crippen molar-refractivity contribution in [2.24, 2.45) is 0 Å². The van der Waals surface area contributed by atoms with Crippen molar-refractivity contribution in [3.63, 3.8) is 0 Å². The lowest BCUT2D eigenvalue weighted by molar-refractivity contribution is -0.385. The Morgan fingerprint density at radius 3 is 2.59 bits per heavy atom. The normalized spacial score (nSPS) is 21.1. The van der Waals surface area contributed by atoms with Crippen LogP contribution < -0.4 is 0 Å². The average Bonchev–Trinajstić information content (AvgIpc) is 2.36. The zero-order valence-electron chi connectivity index (χ0n) is 12.7. The SMILES string of the molecule is CC(C)(C)N(C(=O)O)[C@H]1Cc2ncc([N+](=O)[O-])cc2C[C@@H]1O. The molecule has 0 unspecified atom stereocenters. The molecule has 0 bridgehead atoms. The van der Waals surface area contributed by atoms with Gasteiger partial charge < -0.3 is 10.2 Å². The number of amides is 1. The first-order chi connectivity index (χ1) is 10.1. The predicted octanol–water partition coefficient (Wildman–Crippen LogP) is 1.60. The van der Waals surface area contributed by atoms with Crippen molar-refractivity contribution < 1.29 is 19.9 Å². The minimum absolute atomic E-state index is 0.129. The summed E-state index contributed by atoms with van der Waals surface area (Å²) in [6.45, 7) is 5.27. The summed E-state index contributed by atoms with van der Waals surface area (Å²) in [6.07, 6.45) is -0.490. The van der Waals surface area contributed by atoms with Gasteiger partial charge in [0.05, 0.1) is 17.1 Å². The largest absolute Gasteiger partial charge is 0.465 e. The van der Waals surface area contributed by atoms with Crippen LogP contribution in [0.5, 0.6) is 0 Å². The molecule has 1 aliphatic rings. The molecular formula is C14H19N3O5. The van der Waals surface area contributed by atoms with Gasteiger partial charge in [-0.15, -0.1) is 0 Å². The van der Waals surface area contributed by atoms with Gasteiger partial charge in [-0.25, -0.2) is 4.79 Å². The Morgan fingerprint density at radius 1 is 1.45 bits per heavy atom. The maximum atomic E-state index is 11.6. The van der Waals surface area contributed by atoms with E-state index in [1.165, 1.54) is 11.0 Å². The number of nitro groups is 1. The first-order valence-electron chi connectivity index (χ1n) is 6.93. The second kappa shape index (κ2) is 5.53. The number of pyridine rings is 1. The Bertz CT molecular complexity index is 611. The molecule has 0 fully saturated rings. The van der Waals surface area contributed by atoms with E-state index in [-0.39, 0.29) is 18.5 Å². The van der Waals surface area contributed by atoms with Crippen molar-refractivity contribution in [2.75, 3.05) is 0 Å². The van der Waals surface area contributed by atoms with E-state index < -0.39 is 28.7 Å². The van der Waals surface area contributed by atoms with E-state index in [9.17, 15) is 25.1 Å². The summed E-state index contributed by atoms with van der Waals surface area (Å²) >= 11 is 0. The van der Waals surface area contributed by atoms with Crippen LogP contribution in [-0.2, 0) is 12.8 Å². The molecule has 8 heteroatoms. The van der Waals surface area contributed by atoms with Crippen molar-refractivity contribution >= 4 is 11.8 Å². The number of aliphatic hydroxyl groups excluding tert-OH is 1.